The fraction of sp³-hybridized carbons (Fsp3) is 0.733. The van der Waals surface area contributed by atoms with Crippen LogP contribution in [0.2, 0.25) is 0 Å². The van der Waals surface area contributed by atoms with E-state index in [0.29, 0.717) is 24.0 Å². The third-order valence-corrected chi connectivity index (χ3v) is 6.73. The first-order valence-electron chi connectivity index (χ1n) is 7.81. The molecule has 2 rings (SSSR count). The van der Waals surface area contributed by atoms with Crippen LogP contribution < -0.4 is 5.32 Å². The zero-order chi connectivity index (χ0) is 15.3. The van der Waals surface area contributed by atoms with Crippen LogP contribution in [-0.4, -0.2) is 31.9 Å². The number of rotatable bonds is 5. The Kier molecular flexibility index (Phi) is 6.22. The summed E-state index contributed by atoms with van der Waals surface area (Å²) in [6, 6.07) is 2.23. The van der Waals surface area contributed by atoms with Crippen LogP contribution in [0.5, 0.6) is 0 Å². The fourth-order valence-electron chi connectivity index (χ4n) is 2.50. The Bertz CT molecular complexity index is 530. The van der Waals surface area contributed by atoms with Gasteiger partial charge in [-0.15, -0.1) is 11.3 Å². The van der Waals surface area contributed by atoms with E-state index in [4.69, 9.17) is 0 Å². The van der Waals surface area contributed by atoms with Crippen LogP contribution in [0.15, 0.2) is 16.3 Å². The normalized spacial score (nSPS) is 18.6. The third kappa shape index (κ3) is 4.77. The lowest BCUT2D eigenvalue weighted by Crippen LogP contribution is -2.33. The van der Waals surface area contributed by atoms with Crippen LogP contribution in [0.4, 0.5) is 0 Å². The summed E-state index contributed by atoms with van der Waals surface area (Å²) < 4.78 is 27.1. The number of sulfonamides is 1. The molecule has 1 aromatic rings. The van der Waals surface area contributed by atoms with Gasteiger partial charge in [-0.3, -0.25) is 0 Å². The molecule has 0 aromatic carbocycles. The molecule has 6 heteroatoms. The van der Waals surface area contributed by atoms with E-state index in [9.17, 15) is 8.42 Å². The molecule has 1 aliphatic heterocycles. The van der Waals surface area contributed by atoms with Crippen molar-refractivity contribution in [3.8, 4) is 0 Å². The van der Waals surface area contributed by atoms with Gasteiger partial charge in [0.2, 0.25) is 10.0 Å². The Labute approximate surface area is 132 Å². The number of hydrogen-bond acceptors (Lipinski definition) is 4. The highest BCUT2D eigenvalue weighted by molar-refractivity contribution is 7.89. The zero-order valence-electron chi connectivity index (χ0n) is 13.0. The molecule has 1 saturated heterocycles. The van der Waals surface area contributed by atoms with Crippen molar-refractivity contribution in [1.29, 1.82) is 0 Å². The lowest BCUT2D eigenvalue weighted by molar-refractivity contribution is 0.364. The van der Waals surface area contributed by atoms with Crippen molar-refractivity contribution in [3.05, 3.63) is 16.3 Å². The SMILES string of the molecule is CC(C)NCc1cc(S(=O)(=O)N2CCCCCCC2)cs1. The van der Waals surface area contributed by atoms with Gasteiger partial charge >= 0.3 is 0 Å². The topological polar surface area (TPSA) is 49.4 Å². The Balaban J connectivity index is 2.07. The van der Waals surface area contributed by atoms with Crippen molar-refractivity contribution in [2.75, 3.05) is 13.1 Å². The van der Waals surface area contributed by atoms with Gasteiger partial charge in [-0.1, -0.05) is 33.1 Å². The van der Waals surface area contributed by atoms with E-state index in [-0.39, 0.29) is 0 Å². The monoisotopic (exact) mass is 330 g/mol. The molecule has 1 aromatic heterocycles. The summed E-state index contributed by atoms with van der Waals surface area (Å²) in [6.07, 6.45) is 5.46. The van der Waals surface area contributed by atoms with Crippen molar-refractivity contribution in [2.45, 2.75) is 63.4 Å². The Morgan fingerprint density at radius 2 is 1.81 bits per heavy atom. The number of hydrogen-bond donors (Lipinski definition) is 1. The number of thiophene rings is 1. The van der Waals surface area contributed by atoms with E-state index >= 15 is 0 Å². The molecule has 1 aliphatic rings. The number of nitrogens with one attached hydrogen (secondary N) is 1. The minimum atomic E-state index is -3.30. The minimum Gasteiger partial charge on any atom is -0.310 e. The first-order valence-corrected chi connectivity index (χ1v) is 10.1. The van der Waals surface area contributed by atoms with Gasteiger partial charge in [0.25, 0.3) is 0 Å². The van der Waals surface area contributed by atoms with Gasteiger partial charge < -0.3 is 5.32 Å². The third-order valence-electron chi connectivity index (χ3n) is 3.77. The lowest BCUT2D eigenvalue weighted by Gasteiger charge is -2.23. The molecule has 0 radical (unpaired) electrons. The second-order valence-electron chi connectivity index (χ2n) is 5.96. The van der Waals surface area contributed by atoms with Gasteiger partial charge in [-0.05, 0) is 18.9 Å². The maximum Gasteiger partial charge on any atom is 0.243 e. The fourth-order valence-corrected chi connectivity index (χ4v) is 5.23. The van der Waals surface area contributed by atoms with Gasteiger partial charge in [0.15, 0.2) is 0 Å². The van der Waals surface area contributed by atoms with Crippen molar-refractivity contribution >= 4 is 21.4 Å². The molecule has 0 amide bonds. The minimum absolute atomic E-state index is 0.404. The highest BCUT2D eigenvalue weighted by atomic mass is 32.2. The number of nitrogens with zero attached hydrogens (tertiary/aromatic N) is 1. The van der Waals surface area contributed by atoms with E-state index in [0.717, 1.165) is 37.1 Å². The Morgan fingerprint density at radius 1 is 1.19 bits per heavy atom. The first-order chi connectivity index (χ1) is 10.00. The molecular formula is C15H26N2O2S2. The Hall–Kier alpha value is -0.430. The van der Waals surface area contributed by atoms with Gasteiger partial charge in [-0.25, -0.2) is 8.42 Å². The molecule has 0 unspecified atom stereocenters. The second-order valence-corrected chi connectivity index (χ2v) is 8.89. The van der Waals surface area contributed by atoms with Crippen LogP contribution >= 0.6 is 11.3 Å². The van der Waals surface area contributed by atoms with Gasteiger partial charge in [0.1, 0.15) is 0 Å². The smallest absolute Gasteiger partial charge is 0.243 e. The summed E-state index contributed by atoms with van der Waals surface area (Å²) in [5, 5.41) is 5.11. The molecule has 0 atom stereocenters. The summed E-state index contributed by atoms with van der Waals surface area (Å²) in [5.74, 6) is 0. The van der Waals surface area contributed by atoms with Crippen molar-refractivity contribution in [1.82, 2.24) is 9.62 Å². The van der Waals surface area contributed by atoms with Crippen molar-refractivity contribution < 1.29 is 8.42 Å². The molecule has 0 aliphatic carbocycles. The molecule has 2 heterocycles. The van der Waals surface area contributed by atoms with Crippen LogP contribution in [0.25, 0.3) is 0 Å². The van der Waals surface area contributed by atoms with Gasteiger partial charge in [-0.2, -0.15) is 4.31 Å². The van der Waals surface area contributed by atoms with Crippen LogP contribution in [0.1, 0.15) is 50.8 Å². The van der Waals surface area contributed by atoms with Crippen molar-refractivity contribution in [2.24, 2.45) is 0 Å². The molecule has 1 fully saturated rings. The van der Waals surface area contributed by atoms with Gasteiger partial charge in [0, 0.05) is 35.9 Å². The molecular weight excluding hydrogens is 304 g/mol. The molecule has 21 heavy (non-hydrogen) atoms. The second kappa shape index (κ2) is 7.72. The van der Waals surface area contributed by atoms with Crippen LogP contribution in [-0.2, 0) is 16.6 Å². The van der Waals surface area contributed by atoms with E-state index in [1.165, 1.54) is 17.8 Å². The maximum absolute atomic E-state index is 12.7. The summed E-state index contributed by atoms with van der Waals surface area (Å²) >= 11 is 1.52. The van der Waals surface area contributed by atoms with Gasteiger partial charge in [0.05, 0.1) is 4.90 Å². The molecule has 120 valence electrons. The molecule has 1 N–H and O–H groups in total. The average molecular weight is 331 g/mol. The van der Waals surface area contributed by atoms with E-state index in [1.807, 2.05) is 6.07 Å². The summed E-state index contributed by atoms with van der Waals surface area (Å²) in [5.41, 5.74) is 0. The van der Waals surface area contributed by atoms with Crippen LogP contribution in [0, 0.1) is 0 Å². The predicted octanol–water partition coefficient (Wildman–Crippen LogP) is 3.20. The van der Waals surface area contributed by atoms with E-state index in [1.54, 1.807) is 9.69 Å². The van der Waals surface area contributed by atoms with E-state index in [2.05, 4.69) is 19.2 Å². The predicted molar refractivity (Wildman–Crippen MR) is 88.1 cm³/mol. The first kappa shape index (κ1) is 16.9. The largest absolute Gasteiger partial charge is 0.310 e. The average Bonchev–Trinajstić information content (AvgIpc) is 2.84. The quantitative estimate of drug-likeness (QED) is 0.902. The van der Waals surface area contributed by atoms with Crippen molar-refractivity contribution in [3.63, 3.8) is 0 Å². The lowest BCUT2D eigenvalue weighted by atomic mass is 10.1. The van der Waals surface area contributed by atoms with E-state index < -0.39 is 10.0 Å². The molecule has 0 bridgehead atoms. The van der Waals surface area contributed by atoms with Crippen LogP contribution in [0.3, 0.4) is 0 Å². The molecule has 0 saturated carbocycles. The molecule has 4 nitrogen and oxygen atoms in total. The highest BCUT2D eigenvalue weighted by Gasteiger charge is 2.25. The summed E-state index contributed by atoms with van der Waals surface area (Å²) in [6.45, 7) is 6.24. The summed E-state index contributed by atoms with van der Waals surface area (Å²) in [4.78, 5) is 1.54. The standard InChI is InChI=1S/C15H26N2O2S2/c1-13(2)16-11-14-10-15(12-20-14)21(18,19)17-8-6-4-3-5-7-9-17/h10,12-13,16H,3-9,11H2,1-2H3. The Morgan fingerprint density at radius 3 is 2.43 bits per heavy atom. The maximum atomic E-state index is 12.7. The summed E-state index contributed by atoms with van der Waals surface area (Å²) in [7, 11) is -3.30. The molecule has 0 spiro atoms. The zero-order valence-corrected chi connectivity index (χ0v) is 14.6. The highest BCUT2D eigenvalue weighted by Crippen LogP contribution is 2.24.